The van der Waals surface area contributed by atoms with Crippen molar-refractivity contribution in [1.82, 2.24) is 10.6 Å². The van der Waals surface area contributed by atoms with E-state index in [1.807, 2.05) is 27.7 Å². The molecule has 114 valence electrons. The normalized spacial score (nSPS) is 12.8. The highest BCUT2D eigenvalue weighted by molar-refractivity contribution is 5.81. The highest BCUT2D eigenvalue weighted by Gasteiger charge is 2.26. The summed E-state index contributed by atoms with van der Waals surface area (Å²) >= 11 is 0. The molecule has 5 heteroatoms. The fraction of sp³-hybridized carbons (Fsp3) is 0.733. The van der Waals surface area contributed by atoms with E-state index >= 15 is 0 Å². The number of carboxylic acids is 1. The van der Waals surface area contributed by atoms with Gasteiger partial charge in [-0.05, 0) is 25.2 Å². The second-order valence-corrected chi connectivity index (χ2v) is 5.38. The lowest BCUT2D eigenvalue weighted by Crippen LogP contribution is -2.51. The molecule has 0 aliphatic carbocycles. The Kier molecular flexibility index (Phi) is 7.93. The van der Waals surface area contributed by atoms with Gasteiger partial charge in [0.15, 0.2) is 0 Å². The first-order valence-corrected chi connectivity index (χ1v) is 7.05. The maximum atomic E-state index is 11.9. The lowest BCUT2D eigenvalue weighted by atomic mass is 9.94. The molecule has 0 aromatic carbocycles. The van der Waals surface area contributed by atoms with Crippen molar-refractivity contribution < 1.29 is 14.7 Å². The maximum Gasteiger partial charge on any atom is 0.320 e. The van der Waals surface area contributed by atoms with Gasteiger partial charge in [-0.2, -0.15) is 0 Å². The quantitative estimate of drug-likeness (QED) is 0.558. The summed E-state index contributed by atoms with van der Waals surface area (Å²) in [6.45, 7) is 7.66. The van der Waals surface area contributed by atoms with Gasteiger partial charge < -0.3 is 10.4 Å². The number of hydrogen-bond donors (Lipinski definition) is 3. The van der Waals surface area contributed by atoms with Crippen LogP contribution < -0.4 is 10.6 Å². The summed E-state index contributed by atoms with van der Waals surface area (Å²) < 4.78 is 0. The average molecular weight is 282 g/mol. The Labute approximate surface area is 121 Å². The molecule has 1 unspecified atom stereocenters. The Hall–Kier alpha value is -1.54. The van der Waals surface area contributed by atoms with Crippen LogP contribution in [0.5, 0.6) is 0 Å². The molecule has 0 aliphatic heterocycles. The molecule has 20 heavy (non-hydrogen) atoms. The van der Waals surface area contributed by atoms with Gasteiger partial charge in [0.2, 0.25) is 5.91 Å². The molecule has 0 saturated carbocycles. The third kappa shape index (κ3) is 6.07. The van der Waals surface area contributed by atoms with E-state index in [1.165, 1.54) is 0 Å². The molecule has 0 aromatic rings. The Balaban J connectivity index is 4.47. The van der Waals surface area contributed by atoms with E-state index in [2.05, 4.69) is 16.6 Å². The predicted octanol–water partition coefficient (Wildman–Crippen LogP) is 1.38. The van der Waals surface area contributed by atoms with Crippen LogP contribution in [-0.2, 0) is 9.59 Å². The van der Waals surface area contributed by atoms with Gasteiger partial charge in [-0.3, -0.25) is 14.9 Å². The number of carbonyl (C=O) groups excluding carboxylic acids is 1. The molecular formula is C15H26N2O3. The van der Waals surface area contributed by atoms with Crippen LogP contribution in [0.1, 0.15) is 47.0 Å². The average Bonchev–Trinajstić information content (AvgIpc) is 2.40. The SMILES string of the molecule is C#CC(CC)(CC)NC(=O)CNC(CC(C)C)C(=O)O. The van der Waals surface area contributed by atoms with Gasteiger partial charge in [0, 0.05) is 0 Å². The number of nitrogens with one attached hydrogen (secondary N) is 2. The van der Waals surface area contributed by atoms with Crippen molar-refractivity contribution >= 4 is 11.9 Å². The number of carboxylic acid groups (broad SMARTS) is 1. The number of carbonyl (C=O) groups is 2. The zero-order valence-corrected chi connectivity index (χ0v) is 12.8. The van der Waals surface area contributed by atoms with Crippen molar-refractivity contribution in [3.8, 4) is 12.3 Å². The molecule has 3 N–H and O–H groups in total. The first-order valence-electron chi connectivity index (χ1n) is 7.05. The second-order valence-electron chi connectivity index (χ2n) is 5.38. The van der Waals surface area contributed by atoms with Crippen molar-refractivity contribution in [2.45, 2.75) is 58.5 Å². The molecule has 0 spiro atoms. The summed E-state index contributed by atoms with van der Waals surface area (Å²) in [4.78, 5) is 23.0. The Bertz CT molecular complexity index is 368. The standard InChI is InChI=1S/C15H26N2O3/c1-6-15(7-2,8-3)17-13(18)10-16-12(14(19)20)9-11(4)5/h1,11-12,16H,7-10H2,2-5H3,(H,17,18)(H,19,20). The molecule has 0 radical (unpaired) electrons. The molecule has 1 amide bonds. The number of rotatable bonds is 9. The first kappa shape index (κ1) is 18.5. The van der Waals surface area contributed by atoms with E-state index < -0.39 is 17.6 Å². The molecule has 0 saturated heterocycles. The Morgan fingerprint density at radius 3 is 2.20 bits per heavy atom. The molecule has 0 heterocycles. The summed E-state index contributed by atoms with van der Waals surface area (Å²) in [7, 11) is 0. The van der Waals surface area contributed by atoms with E-state index in [9.17, 15) is 9.59 Å². The minimum atomic E-state index is -0.944. The van der Waals surface area contributed by atoms with E-state index in [4.69, 9.17) is 11.5 Å². The van der Waals surface area contributed by atoms with Crippen molar-refractivity contribution in [3.05, 3.63) is 0 Å². The van der Waals surface area contributed by atoms with Gasteiger partial charge in [0.1, 0.15) is 11.6 Å². The minimum Gasteiger partial charge on any atom is -0.480 e. The van der Waals surface area contributed by atoms with E-state index in [0.29, 0.717) is 19.3 Å². The molecule has 0 rings (SSSR count). The van der Waals surface area contributed by atoms with Crippen LogP contribution in [0.2, 0.25) is 0 Å². The Morgan fingerprint density at radius 2 is 1.85 bits per heavy atom. The lowest BCUT2D eigenvalue weighted by Gasteiger charge is -2.27. The third-order valence-electron chi connectivity index (χ3n) is 3.38. The summed E-state index contributed by atoms with van der Waals surface area (Å²) in [5.74, 6) is 1.63. The topological polar surface area (TPSA) is 78.4 Å². The fourth-order valence-corrected chi connectivity index (χ4v) is 1.94. The molecule has 0 aromatic heterocycles. The lowest BCUT2D eigenvalue weighted by molar-refractivity contribution is -0.140. The summed E-state index contributed by atoms with van der Waals surface area (Å²) in [5, 5.41) is 14.6. The molecular weight excluding hydrogens is 256 g/mol. The summed E-state index contributed by atoms with van der Waals surface area (Å²) in [5.41, 5.74) is -0.643. The number of amides is 1. The van der Waals surface area contributed by atoms with E-state index in [0.717, 1.165) is 0 Å². The summed E-state index contributed by atoms with van der Waals surface area (Å²) in [6.07, 6.45) is 7.22. The van der Waals surface area contributed by atoms with E-state index in [-0.39, 0.29) is 18.4 Å². The van der Waals surface area contributed by atoms with Gasteiger partial charge in [-0.15, -0.1) is 6.42 Å². The van der Waals surface area contributed by atoms with Crippen molar-refractivity contribution in [1.29, 1.82) is 0 Å². The van der Waals surface area contributed by atoms with Crippen molar-refractivity contribution in [2.75, 3.05) is 6.54 Å². The van der Waals surface area contributed by atoms with Gasteiger partial charge in [-0.25, -0.2) is 0 Å². The van der Waals surface area contributed by atoms with Gasteiger partial charge >= 0.3 is 5.97 Å². The molecule has 1 atom stereocenters. The highest BCUT2D eigenvalue weighted by atomic mass is 16.4. The zero-order chi connectivity index (χ0) is 15.8. The third-order valence-corrected chi connectivity index (χ3v) is 3.38. The van der Waals surface area contributed by atoms with Crippen LogP contribution in [0.25, 0.3) is 0 Å². The van der Waals surface area contributed by atoms with Crippen LogP contribution in [0.15, 0.2) is 0 Å². The smallest absolute Gasteiger partial charge is 0.320 e. The van der Waals surface area contributed by atoms with Gasteiger partial charge in [0.25, 0.3) is 0 Å². The van der Waals surface area contributed by atoms with Crippen LogP contribution in [0.4, 0.5) is 0 Å². The summed E-state index contributed by atoms with van der Waals surface area (Å²) in [6, 6.07) is -0.718. The minimum absolute atomic E-state index is 0.0485. The largest absolute Gasteiger partial charge is 0.480 e. The van der Waals surface area contributed by atoms with Crippen molar-refractivity contribution in [3.63, 3.8) is 0 Å². The molecule has 0 fully saturated rings. The fourth-order valence-electron chi connectivity index (χ4n) is 1.94. The zero-order valence-electron chi connectivity index (χ0n) is 12.8. The molecule has 5 nitrogen and oxygen atoms in total. The van der Waals surface area contributed by atoms with Crippen LogP contribution in [0.3, 0.4) is 0 Å². The second kappa shape index (κ2) is 8.60. The molecule has 0 aliphatic rings. The first-order chi connectivity index (χ1) is 9.30. The van der Waals surface area contributed by atoms with Crippen molar-refractivity contribution in [2.24, 2.45) is 5.92 Å². The van der Waals surface area contributed by atoms with Crippen LogP contribution >= 0.6 is 0 Å². The van der Waals surface area contributed by atoms with Gasteiger partial charge in [-0.1, -0.05) is 33.6 Å². The van der Waals surface area contributed by atoms with Crippen LogP contribution in [-0.4, -0.2) is 35.1 Å². The number of aliphatic carboxylic acids is 1. The highest BCUT2D eigenvalue weighted by Crippen LogP contribution is 2.13. The maximum absolute atomic E-state index is 11.9. The number of hydrogen-bond acceptors (Lipinski definition) is 3. The van der Waals surface area contributed by atoms with E-state index in [1.54, 1.807) is 0 Å². The van der Waals surface area contributed by atoms with Gasteiger partial charge in [0.05, 0.1) is 6.54 Å². The Morgan fingerprint density at radius 1 is 1.30 bits per heavy atom. The monoisotopic (exact) mass is 282 g/mol. The predicted molar refractivity (Wildman–Crippen MR) is 79.2 cm³/mol. The number of terminal acetylenes is 1. The van der Waals surface area contributed by atoms with Crippen LogP contribution in [0, 0.1) is 18.3 Å². The molecule has 0 bridgehead atoms.